The van der Waals surface area contributed by atoms with E-state index in [1.54, 1.807) is 33.5 Å². The van der Waals surface area contributed by atoms with Crippen LogP contribution in [-0.4, -0.2) is 67.8 Å². The summed E-state index contributed by atoms with van der Waals surface area (Å²) >= 11 is 1.53. The van der Waals surface area contributed by atoms with Crippen LogP contribution in [0, 0.1) is 19.8 Å². The lowest BCUT2D eigenvalue weighted by atomic mass is 10.0. The smallest absolute Gasteiger partial charge is 0.260 e. The van der Waals surface area contributed by atoms with Crippen LogP contribution in [0.1, 0.15) is 55.1 Å². The number of anilines is 1. The summed E-state index contributed by atoms with van der Waals surface area (Å²) in [6.07, 6.45) is 1.92. The van der Waals surface area contributed by atoms with Crippen molar-refractivity contribution in [1.82, 2.24) is 14.2 Å². The van der Waals surface area contributed by atoms with E-state index in [1.165, 1.54) is 11.3 Å². The fraction of sp³-hybridized carbons (Fsp3) is 0.500. The van der Waals surface area contributed by atoms with Crippen LogP contribution in [0.5, 0.6) is 0 Å². The molecule has 1 unspecified atom stereocenters. The quantitative estimate of drug-likeness (QED) is 0.323. The minimum atomic E-state index is -3.57. The Labute approximate surface area is 237 Å². The molecule has 208 valence electrons. The van der Waals surface area contributed by atoms with Crippen LogP contribution in [-0.2, 0) is 10.0 Å². The lowest BCUT2D eigenvalue weighted by Crippen LogP contribution is -2.39. The number of aryl methyl sites for hydroxylation is 2. The molecule has 7 nitrogen and oxygen atoms in total. The predicted molar refractivity (Wildman–Crippen MR) is 159 cm³/mol. The molecule has 38 heavy (non-hydrogen) atoms. The average molecular weight is 579 g/mol. The standard InChI is InChI=1S/C28H38N4O3S2.ClH/c1-6-30(7-2)15-16-32(28-29-25-18-21(4)17-22(5)26(25)36-28)27(33)23-10-12-24(13-11-23)37(34,35)31-14-8-9-20(3)19-31;/h10-13,17-18,20H,6-9,14-16,19H2,1-5H3;1H. The van der Waals surface area contributed by atoms with Gasteiger partial charge in [-0.2, -0.15) is 4.31 Å². The van der Waals surface area contributed by atoms with E-state index in [4.69, 9.17) is 4.98 Å². The fourth-order valence-electron chi connectivity index (χ4n) is 4.98. The summed E-state index contributed by atoms with van der Waals surface area (Å²) in [6, 6.07) is 10.6. The first kappa shape index (κ1) is 30.5. The first-order valence-corrected chi connectivity index (χ1v) is 15.4. The van der Waals surface area contributed by atoms with Crippen molar-refractivity contribution in [1.29, 1.82) is 0 Å². The maximum Gasteiger partial charge on any atom is 0.260 e. The van der Waals surface area contributed by atoms with Crippen molar-refractivity contribution in [3.8, 4) is 0 Å². The summed E-state index contributed by atoms with van der Waals surface area (Å²) in [4.78, 5) is 22.9. The summed E-state index contributed by atoms with van der Waals surface area (Å²) in [5, 5.41) is 0.667. The van der Waals surface area contributed by atoms with Crippen molar-refractivity contribution in [2.45, 2.75) is 52.4 Å². The molecule has 1 atom stereocenters. The number of nitrogens with zero attached hydrogens (tertiary/aromatic N) is 4. The molecule has 2 heterocycles. The zero-order chi connectivity index (χ0) is 26.7. The summed E-state index contributed by atoms with van der Waals surface area (Å²) in [5.74, 6) is 0.182. The van der Waals surface area contributed by atoms with Crippen molar-refractivity contribution in [2.24, 2.45) is 5.92 Å². The average Bonchev–Trinajstić information content (AvgIpc) is 3.30. The number of carbonyl (C=O) groups is 1. The van der Waals surface area contributed by atoms with E-state index >= 15 is 0 Å². The van der Waals surface area contributed by atoms with Crippen LogP contribution < -0.4 is 4.90 Å². The van der Waals surface area contributed by atoms with E-state index in [0.29, 0.717) is 36.2 Å². The van der Waals surface area contributed by atoms with Crippen LogP contribution in [0.3, 0.4) is 0 Å². The zero-order valence-electron chi connectivity index (χ0n) is 22.9. The molecule has 3 aromatic rings. The molecular formula is C28H39ClN4O3S2. The molecule has 10 heteroatoms. The summed E-state index contributed by atoms with van der Waals surface area (Å²) in [6.45, 7) is 14.6. The van der Waals surface area contributed by atoms with Crippen molar-refractivity contribution in [3.63, 3.8) is 0 Å². The largest absolute Gasteiger partial charge is 0.302 e. The first-order chi connectivity index (χ1) is 17.6. The first-order valence-electron chi connectivity index (χ1n) is 13.2. The van der Waals surface area contributed by atoms with Crippen molar-refractivity contribution < 1.29 is 13.2 Å². The molecule has 0 saturated carbocycles. The number of sulfonamides is 1. The number of fused-ring (bicyclic) bond motifs is 1. The number of benzene rings is 2. The number of amides is 1. The Morgan fingerprint density at radius 3 is 2.42 bits per heavy atom. The number of piperidine rings is 1. The highest BCUT2D eigenvalue weighted by atomic mass is 35.5. The Bertz CT molecular complexity index is 1350. The van der Waals surface area contributed by atoms with Crippen LogP contribution in [0.4, 0.5) is 5.13 Å². The van der Waals surface area contributed by atoms with Crippen LogP contribution in [0.2, 0.25) is 0 Å². The minimum Gasteiger partial charge on any atom is -0.302 e. The Balaban J connectivity index is 0.00000400. The Kier molecular flexibility index (Phi) is 10.3. The second-order valence-electron chi connectivity index (χ2n) is 10.0. The van der Waals surface area contributed by atoms with E-state index in [1.807, 2.05) is 0 Å². The molecule has 1 aliphatic rings. The molecule has 1 amide bonds. The molecule has 1 fully saturated rings. The predicted octanol–water partition coefficient (Wildman–Crippen LogP) is 5.74. The number of hydrogen-bond donors (Lipinski definition) is 0. The third-order valence-electron chi connectivity index (χ3n) is 7.18. The molecule has 0 radical (unpaired) electrons. The Hall–Kier alpha value is -2.04. The molecule has 0 bridgehead atoms. The molecule has 1 aliphatic heterocycles. The van der Waals surface area contributed by atoms with Crippen molar-refractivity contribution in [3.05, 3.63) is 53.1 Å². The van der Waals surface area contributed by atoms with Gasteiger partial charge >= 0.3 is 0 Å². The number of thiazole rings is 1. The van der Waals surface area contributed by atoms with E-state index in [-0.39, 0.29) is 23.2 Å². The number of rotatable bonds is 9. The number of carbonyl (C=O) groups excluding carboxylic acids is 1. The molecule has 2 aromatic carbocycles. The van der Waals surface area contributed by atoms with Gasteiger partial charge in [-0.3, -0.25) is 9.69 Å². The molecular weight excluding hydrogens is 540 g/mol. The SMILES string of the molecule is CCN(CC)CCN(C(=O)c1ccc(S(=O)(=O)N2CCCC(C)C2)cc1)c1nc2cc(C)cc(C)c2s1.Cl. The molecule has 0 N–H and O–H groups in total. The summed E-state index contributed by atoms with van der Waals surface area (Å²) in [5.41, 5.74) is 3.65. The van der Waals surface area contributed by atoms with Crippen LogP contribution >= 0.6 is 23.7 Å². The second kappa shape index (κ2) is 12.9. The maximum atomic E-state index is 13.8. The van der Waals surface area contributed by atoms with Gasteiger partial charge in [-0.05, 0) is 87.2 Å². The number of aromatic nitrogens is 1. The normalized spacial score (nSPS) is 16.5. The number of halogens is 1. The van der Waals surface area contributed by atoms with Gasteiger partial charge in [0.15, 0.2) is 5.13 Å². The van der Waals surface area contributed by atoms with Crippen molar-refractivity contribution >= 4 is 55.0 Å². The van der Waals surface area contributed by atoms with E-state index in [9.17, 15) is 13.2 Å². The monoisotopic (exact) mass is 578 g/mol. The van der Waals surface area contributed by atoms with E-state index in [0.717, 1.165) is 53.8 Å². The molecule has 0 aliphatic carbocycles. The molecule has 0 spiro atoms. The number of hydrogen-bond acceptors (Lipinski definition) is 6. The van der Waals surface area contributed by atoms with Gasteiger partial charge in [0, 0.05) is 31.7 Å². The van der Waals surface area contributed by atoms with E-state index < -0.39 is 10.0 Å². The van der Waals surface area contributed by atoms with Gasteiger partial charge in [0.1, 0.15) is 0 Å². The minimum absolute atomic E-state index is 0. The number of likely N-dealkylation sites (N-methyl/N-ethyl adjacent to an activating group) is 1. The van der Waals surface area contributed by atoms with Gasteiger partial charge < -0.3 is 4.90 Å². The van der Waals surface area contributed by atoms with Gasteiger partial charge in [-0.25, -0.2) is 13.4 Å². The lowest BCUT2D eigenvalue weighted by molar-refractivity contribution is 0.0983. The van der Waals surface area contributed by atoms with Gasteiger partial charge in [0.2, 0.25) is 10.0 Å². The van der Waals surface area contributed by atoms with Crippen LogP contribution in [0.25, 0.3) is 10.2 Å². The third kappa shape index (κ3) is 6.57. The highest BCUT2D eigenvalue weighted by Gasteiger charge is 2.29. The van der Waals surface area contributed by atoms with Gasteiger partial charge in [0.25, 0.3) is 5.91 Å². The highest BCUT2D eigenvalue weighted by Crippen LogP contribution is 2.33. The van der Waals surface area contributed by atoms with Gasteiger partial charge in [-0.1, -0.05) is 38.2 Å². The maximum absolute atomic E-state index is 13.8. The zero-order valence-corrected chi connectivity index (χ0v) is 25.4. The molecule has 4 rings (SSSR count). The van der Waals surface area contributed by atoms with Crippen molar-refractivity contribution in [2.75, 3.05) is 44.2 Å². The topological polar surface area (TPSA) is 73.8 Å². The molecule has 1 aromatic heterocycles. The third-order valence-corrected chi connectivity index (χ3v) is 10.3. The van der Waals surface area contributed by atoms with Gasteiger partial charge in [0.05, 0.1) is 15.1 Å². The summed E-state index contributed by atoms with van der Waals surface area (Å²) in [7, 11) is -3.57. The highest BCUT2D eigenvalue weighted by molar-refractivity contribution is 7.89. The lowest BCUT2D eigenvalue weighted by Gasteiger charge is -2.30. The van der Waals surface area contributed by atoms with Gasteiger partial charge in [-0.15, -0.1) is 12.4 Å². The van der Waals surface area contributed by atoms with E-state index in [2.05, 4.69) is 51.7 Å². The Morgan fingerprint density at radius 1 is 1.11 bits per heavy atom. The van der Waals surface area contributed by atoms with Crippen LogP contribution in [0.15, 0.2) is 41.3 Å². The fourth-order valence-corrected chi connectivity index (χ4v) is 7.62. The Morgan fingerprint density at radius 2 is 1.79 bits per heavy atom. The molecule has 1 saturated heterocycles. The summed E-state index contributed by atoms with van der Waals surface area (Å²) < 4.78 is 29.0. The second-order valence-corrected chi connectivity index (χ2v) is 13.0.